The number of sulfonamides is 1. The fourth-order valence-electron chi connectivity index (χ4n) is 1.97. The lowest BCUT2D eigenvalue weighted by Crippen LogP contribution is -2.47. The lowest BCUT2D eigenvalue weighted by Gasteiger charge is -2.31. The number of nitrogens with one attached hydrogen (secondary N) is 1. The van der Waals surface area contributed by atoms with E-state index in [4.69, 9.17) is 0 Å². The van der Waals surface area contributed by atoms with Crippen LogP contribution in [0.15, 0.2) is 33.6 Å². The summed E-state index contributed by atoms with van der Waals surface area (Å²) < 4.78 is 28.3. The predicted octanol–water partition coefficient (Wildman–Crippen LogP) is 3.70. The van der Waals surface area contributed by atoms with Crippen molar-refractivity contribution in [3.63, 3.8) is 0 Å². The zero-order valence-corrected chi connectivity index (χ0v) is 13.4. The zero-order valence-electron chi connectivity index (χ0n) is 11.0. The number of rotatable bonds is 6. The Morgan fingerprint density at radius 2 is 1.61 bits per heavy atom. The Balaban J connectivity index is 3.13. The van der Waals surface area contributed by atoms with Crippen LogP contribution in [-0.2, 0) is 10.0 Å². The Hall–Kier alpha value is -0.390. The van der Waals surface area contributed by atoms with Crippen LogP contribution in [0.1, 0.15) is 40.0 Å². The number of benzene rings is 1. The third-order valence-corrected chi connectivity index (χ3v) is 6.10. The minimum absolute atomic E-state index is 0.296. The maximum absolute atomic E-state index is 12.4. The van der Waals surface area contributed by atoms with Crippen molar-refractivity contribution in [3.05, 3.63) is 28.7 Å². The Morgan fingerprint density at radius 1 is 1.11 bits per heavy atom. The molecule has 0 bridgehead atoms. The first-order valence-corrected chi connectivity index (χ1v) is 8.47. The minimum atomic E-state index is -3.48. The highest BCUT2D eigenvalue weighted by atomic mass is 79.9. The highest BCUT2D eigenvalue weighted by Gasteiger charge is 2.31. The molecule has 0 atom stereocenters. The molecule has 102 valence electrons. The van der Waals surface area contributed by atoms with Gasteiger partial charge in [0, 0.05) is 10.0 Å². The average molecular weight is 334 g/mol. The molecular formula is C13H20BrNO2S. The molecule has 0 spiro atoms. The summed E-state index contributed by atoms with van der Waals surface area (Å²) in [4.78, 5) is 0.296. The van der Waals surface area contributed by atoms with Crippen LogP contribution in [-0.4, -0.2) is 14.0 Å². The molecule has 1 aromatic carbocycles. The summed E-state index contributed by atoms with van der Waals surface area (Å²) in [5.41, 5.74) is -0.353. The van der Waals surface area contributed by atoms with E-state index in [1.165, 1.54) is 0 Å². The largest absolute Gasteiger partial charge is 0.242 e. The summed E-state index contributed by atoms with van der Waals surface area (Å²) >= 11 is 3.29. The van der Waals surface area contributed by atoms with E-state index in [1.54, 1.807) is 24.3 Å². The third-order valence-electron chi connectivity index (χ3n) is 3.51. The second-order valence-corrected chi connectivity index (χ2v) is 6.88. The molecular weight excluding hydrogens is 314 g/mol. The standard InChI is InChI=1S/C13H20BrNO2S/c1-4-13(5-2,6-3)15-18(16,17)12-10-8-7-9-11(12)14/h7-10,15H,4-6H2,1-3H3. The van der Waals surface area contributed by atoms with Gasteiger partial charge in [-0.2, -0.15) is 0 Å². The van der Waals surface area contributed by atoms with Crippen molar-refractivity contribution in [2.75, 3.05) is 0 Å². The van der Waals surface area contributed by atoms with Crippen LogP contribution < -0.4 is 4.72 Å². The second kappa shape index (κ2) is 6.17. The van der Waals surface area contributed by atoms with Crippen LogP contribution in [0.2, 0.25) is 0 Å². The van der Waals surface area contributed by atoms with Gasteiger partial charge < -0.3 is 0 Å². The van der Waals surface area contributed by atoms with Gasteiger partial charge in [0.2, 0.25) is 10.0 Å². The maximum Gasteiger partial charge on any atom is 0.242 e. The molecule has 1 N–H and O–H groups in total. The van der Waals surface area contributed by atoms with Crippen LogP contribution >= 0.6 is 15.9 Å². The van der Waals surface area contributed by atoms with Crippen LogP contribution in [0.4, 0.5) is 0 Å². The molecule has 0 amide bonds. The molecule has 0 heterocycles. The highest BCUT2D eigenvalue weighted by Crippen LogP contribution is 2.26. The molecule has 0 aliphatic carbocycles. The molecule has 0 aliphatic heterocycles. The Bertz CT molecular complexity index is 487. The van der Waals surface area contributed by atoms with Crippen molar-refractivity contribution in [3.8, 4) is 0 Å². The Morgan fingerprint density at radius 3 is 2.06 bits per heavy atom. The van der Waals surface area contributed by atoms with Gasteiger partial charge in [0.25, 0.3) is 0 Å². The van der Waals surface area contributed by atoms with Crippen LogP contribution in [0.3, 0.4) is 0 Å². The molecule has 18 heavy (non-hydrogen) atoms. The fraction of sp³-hybridized carbons (Fsp3) is 0.538. The van der Waals surface area contributed by atoms with E-state index in [-0.39, 0.29) is 5.54 Å². The third kappa shape index (κ3) is 3.33. The molecule has 0 saturated heterocycles. The molecule has 0 unspecified atom stereocenters. The maximum atomic E-state index is 12.4. The summed E-state index contributed by atoms with van der Waals surface area (Å²) in [6.07, 6.45) is 2.34. The first-order valence-electron chi connectivity index (χ1n) is 6.19. The van der Waals surface area contributed by atoms with Gasteiger partial charge in [-0.3, -0.25) is 0 Å². The van der Waals surface area contributed by atoms with E-state index in [1.807, 2.05) is 20.8 Å². The van der Waals surface area contributed by atoms with Crippen LogP contribution in [0, 0.1) is 0 Å². The fourth-order valence-corrected chi connectivity index (χ4v) is 4.59. The monoisotopic (exact) mass is 333 g/mol. The van der Waals surface area contributed by atoms with Gasteiger partial charge in [-0.15, -0.1) is 0 Å². The first-order chi connectivity index (χ1) is 8.40. The van der Waals surface area contributed by atoms with Crippen molar-refractivity contribution in [1.29, 1.82) is 0 Å². The minimum Gasteiger partial charge on any atom is -0.207 e. The van der Waals surface area contributed by atoms with Gasteiger partial charge in [-0.05, 0) is 47.3 Å². The molecule has 0 radical (unpaired) electrons. The van der Waals surface area contributed by atoms with Crippen molar-refractivity contribution >= 4 is 26.0 Å². The molecule has 1 aromatic rings. The van der Waals surface area contributed by atoms with E-state index < -0.39 is 10.0 Å². The van der Waals surface area contributed by atoms with Crippen molar-refractivity contribution in [1.82, 2.24) is 4.72 Å². The lowest BCUT2D eigenvalue weighted by molar-refractivity contribution is 0.341. The summed E-state index contributed by atoms with van der Waals surface area (Å²) in [6, 6.07) is 6.87. The second-order valence-electron chi connectivity index (χ2n) is 4.38. The zero-order chi connectivity index (χ0) is 13.8. The summed E-state index contributed by atoms with van der Waals surface area (Å²) in [5.74, 6) is 0. The number of hydrogen-bond donors (Lipinski definition) is 1. The summed E-state index contributed by atoms with van der Waals surface area (Å²) in [7, 11) is -3.48. The summed E-state index contributed by atoms with van der Waals surface area (Å²) in [5, 5.41) is 0. The van der Waals surface area contributed by atoms with Crippen molar-refractivity contribution in [2.45, 2.75) is 50.5 Å². The molecule has 0 aliphatic rings. The van der Waals surface area contributed by atoms with E-state index in [2.05, 4.69) is 20.7 Å². The Labute approximate surface area is 118 Å². The SMILES string of the molecule is CCC(CC)(CC)NS(=O)(=O)c1ccccc1Br. The quantitative estimate of drug-likeness (QED) is 0.862. The smallest absolute Gasteiger partial charge is 0.207 e. The topological polar surface area (TPSA) is 46.2 Å². The molecule has 0 aromatic heterocycles. The normalized spacial score (nSPS) is 12.7. The first kappa shape index (κ1) is 15.7. The van der Waals surface area contributed by atoms with E-state index >= 15 is 0 Å². The van der Waals surface area contributed by atoms with Gasteiger partial charge in [-0.25, -0.2) is 13.1 Å². The van der Waals surface area contributed by atoms with E-state index in [0.29, 0.717) is 9.37 Å². The molecule has 1 rings (SSSR count). The number of halogens is 1. The number of hydrogen-bond acceptors (Lipinski definition) is 2. The molecule has 0 fully saturated rings. The Kier molecular flexibility index (Phi) is 5.37. The van der Waals surface area contributed by atoms with Crippen LogP contribution in [0.5, 0.6) is 0 Å². The molecule has 0 saturated carbocycles. The average Bonchev–Trinajstić information content (AvgIpc) is 2.36. The van der Waals surface area contributed by atoms with Gasteiger partial charge in [0.15, 0.2) is 0 Å². The van der Waals surface area contributed by atoms with E-state index in [0.717, 1.165) is 19.3 Å². The lowest BCUT2D eigenvalue weighted by atomic mass is 9.91. The van der Waals surface area contributed by atoms with Gasteiger partial charge in [0.1, 0.15) is 0 Å². The molecule has 3 nitrogen and oxygen atoms in total. The van der Waals surface area contributed by atoms with Crippen molar-refractivity contribution < 1.29 is 8.42 Å². The highest BCUT2D eigenvalue weighted by molar-refractivity contribution is 9.10. The summed E-state index contributed by atoms with van der Waals surface area (Å²) in [6.45, 7) is 6.03. The van der Waals surface area contributed by atoms with Gasteiger partial charge >= 0.3 is 0 Å². The van der Waals surface area contributed by atoms with Gasteiger partial charge in [0.05, 0.1) is 4.90 Å². The van der Waals surface area contributed by atoms with Crippen molar-refractivity contribution in [2.24, 2.45) is 0 Å². The van der Waals surface area contributed by atoms with Crippen LogP contribution in [0.25, 0.3) is 0 Å². The van der Waals surface area contributed by atoms with E-state index in [9.17, 15) is 8.42 Å². The molecule has 5 heteroatoms. The predicted molar refractivity (Wildman–Crippen MR) is 78.1 cm³/mol. The van der Waals surface area contributed by atoms with Gasteiger partial charge in [-0.1, -0.05) is 32.9 Å².